The lowest BCUT2D eigenvalue weighted by Crippen LogP contribution is -2.15. The number of nitrogens with zero attached hydrogens (tertiary/aromatic N) is 2. The van der Waals surface area contributed by atoms with E-state index in [0.717, 1.165) is 25.1 Å². The first kappa shape index (κ1) is 12.2. The zero-order valence-corrected chi connectivity index (χ0v) is 10.2. The van der Waals surface area contributed by atoms with Gasteiger partial charge in [-0.25, -0.2) is 0 Å². The van der Waals surface area contributed by atoms with Gasteiger partial charge in [0.2, 0.25) is 0 Å². The van der Waals surface area contributed by atoms with Gasteiger partial charge in [-0.05, 0) is 25.8 Å². The van der Waals surface area contributed by atoms with Crippen LogP contribution in [-0.2, 0) is 13.0 Å². The summed E-state index contributed by atoms with van der Waals surface area (Å²) in [7, 11) is 0. The third-order valence-corrected chi connectivity index (χ3v) is 2.77. The van der Waals surface area contributed by atoms with Crippen molar-refractivity contribution in [2.75, 3.05) is 0 Å². The standard InChI is InChI=1S/C12H23N3/c1-4-7-8-11(13)12-9-10(5-2)14-15(12)6-3/h9,11H,4-8,13H2,1-3H3. The Morgan fingerprint density at radius 2 is 2.13 bits per heavy atom. The Kier molecular flexibility index (Phi) is 4.82. The second kappa shape index (κ2) is 5.91. The summed E-state index contributed by atoms with van der Waals surface area (Å²) in [5, 5.41) is 4.51. The number of aryl methyl sites for hydroxylation is 2. The highest BCUT2D eigenvalue weighted by molar-refractivity contribution is 5.14. The Labute approximate surface area is 92.7 Å². The van der Waals surface area contributed by atoms with Crippen molar-refractivity contribution >= 4 is 0 Å². The molecule has 0 aliphatic heterocycles. The van der Waals surface area contributed by atoms with Crippen LogP contribution in [-0.4, -0.2) is 9.78 Å². The molecule has 0 amide bonds. The summed E-state index contributed by atoms with van der Waals surface area (Å²) in [6, 6.07) is 2.31. The number of hydrogen-bond donors (Lipinski definition) is 1. The first-order chi connectivity index (χ1) is 7.22. The van der Waals surface area contributed by atoms with Gasteiger partial charge in [0.25, 0.3) is 0 Å². The van der Waals surface area contributed by atoms with Crippen LogP contribution in [0.1, 0.15) is 57.5 Å². The molecule has 0 saturated heterocycles. The molecule has 0 aliphatic carbocycles. The lowest BCUT2D eigenvalue weighted by molar-refractivity contribution is 0.528. The first-order valence-electron chi connectivity index (χ1n) is 6.05. The normalized spacial score (nSPS) is 13.1. The van der Waals surface area contributed by atoms with E-state index in [9.17, 15) is 0 Å². The van der Waals surface area contributed by atoms with E-state index in [0.29, 0.717) is 0 Å². The Morgan fingerprint density at radius 1 is 1.40 bits per heavy atom. The number of aromatic nitrogens is 2. The molecule has 1 rings (SSSR count). The molecule has 0 fully saturated rings. The number of rotatable bonds is 6. The van der Waals surface area contributed by atoms with Gasteiger partial charge < -0.3 is 5.73 Å². The molecule has 0 spiro atoms. The molecular formula is C12H23N3. The van der Waals surface area contributed by atoms with Gasteiger partial charge in [0.15, 0.2) is 0 Å². The predicted octanol–water partition coefficient (Wildman–Crippen LogP) is 2.66. The zero-order valence-electron chi connectivity index (χ0n) is 10.2. The minimum atomic E-state index is 0.151. The van der Waals surface area contributed by atoms with Gasteiger partial charge >= 0.3 is 0 Å². The molecule has 3 nitrogen and oxygen atoms in total. The highest BCUT2D eigenvalue weighted by Crippen LogP contribution is 2.18. The smallest absolute Gasteiger partial charge is 0.0625 e. The number of unbranched alkanes of at least 4 members (excludes halogenated alkanes) is 1. The Morgan fingerprint density at radius 3 is 2.67 bits per heavy atom. The third kappa shape index (κ3) is 3.06. The Hall–Kier alpha value is -0.830. The van der Waals surface area contributed by atoms with Crippen molar-refractivity contribution in [1.29, 1.82) is 0 Å². The molecule has 0 radical (unpaired) electrons. The maximum absolute atomic E-state index is 6.16. The minimum Gasteiger partial charge on any atom is -0.323 e. The molecule has 2 N–H and O–H groups in total. The van der Waals surface area contributed by atoms with Gasteiger partial charge in [0.1, 0.15) is 0 Å². The molecule has 15 heavy (non-hydrogen) atoms. The molecule has 0 saturated carbocycles. The van der Waals surface area contributed by atoms with Crippen LogP contribution < -0.4 is 5.73 Å². The molecule has 3 heteroatoms. The average Bonchev–Trinajstić information content (AvgIpc) is 2.69. The topological polar surface area (TPSA) is 43.8 Å². The molecule has 0 aromatic carbocycles. The second-order valence-electron chi connectivity index (χ2n) is 3.98. The van der Waals surface area contributed by atoms with Gasteiger partial charge in [-0.2, -0.15) is 5.10 Å². The van der Waals surface area contributed by atoms with Crippen LogP contribution in [0, 0.1) is 0 Å². The van der Waals surface area contributed by atoms with Gasteiger partial charge in [-0.3, -0.25) is 4.68 Å². The average molecular weight is 209 g/mol. The van der Waals surface area contributed by atoms with Crippen LogP contribution in [0.15, 0.2) is 6.07 Å². The lowest BCUT2D eigenvalue weighted by atomic mass is 10.1. The van der Waals surface area contributed by atoms with Crippen molar-refractivity contribution < 1.29 is 0 Å². The van der Waals surface area contributed by atoms with Gasteiger partial charge in [-0.1, -0.05) is 26.7 Å². The predicted molar refractivity (Wildman–Crippen MR) is 63.7 cm³/mol. The van der Waals surface area contributed by atoms with Crippen molar-refractivity contribution in [3.8, 4) is 0 Å². The molecule has 1 aromatic rings. The maximum atomic E-state index is 6.16. The SMILES string of the molecule is CCCCC(N)c1cc(CC)nn1CC. The Bertz CT molecular complexity index is 291. The zero-order chi connectivity index (χ0) is 11.3. The highest BCUT2D eigenvalue weighted by Gasteiger charge is 2.12. The lowest BCUT2D eigenvalue weighted by Gasteiger charge is -2.12. The highest BCUT2D eigenvalue weighted by atomic mass is 15.3. The van der Waals surface area contributed by atoms with Crippen molar-refractivity contribution in [2.24, 2.45) is 5.73 Å². The van der Waals surface area contributed by atoms with Crippen molar-refractivity contribution in [2.45, 2.75) is 59.0 Å². The maximum Gasteiger partial charge on any atom is 0.0625 e. The van der Waals surface area contributed by atoms with E-state index in [1.165, 1.54) is 18.5 Å². The molecule has 1 heterocycles. The van der Waals surface area contributed by atoms with Crippen molar-refractivity contribution in [3.05, 3.63) is 17.5 Å². The van der Waals surface area contributed by atoms with Crippen LogP contribution >= 0.6 is 0 Å². The van der Waals surface area contributed by atoms with Crippen LogP contribution in [0.4, 0.5) is 0 Å². The summed E-state index contributed by atoms with van der Waals surface area (Å²) >= 11 is 0. The minimum absolute atomic E-state index is 0.151. The molecular weight excluding hydrogens is 186 g/mol. The molecule has 0 aliphatic rings. The van der Waals surface area contributed by atoms with E-state index in [-0.39, 0.29) is 6.04 Å². The summed E-state index contributed by atoms with van der Waals surface area (Å²) in [5.74, 6) is 0. The fraction of sp³-hybridized carbons (Fsp3) is 0.750. The molecule has 1 aromatic heterocycles. The second-order valence-corrected chi connectivity index (χ2v) is 3.98. The summed E-state index contributed by atoms with van der Waals surface area (Å²) in [5.41, 5.74) is 8.51. The summed E-state index contributed by atoms with van der Waals surface area (Å²) < 4.78 is 2.04. The summed E-state index contributed by atoms with van der Waals surface area (Å²) in [4.78, 5) is 0. The van der Waals surface area contributed by atoms with E-state index in [1.807, 2.05) is 4.68 Å². The monoisotopic (exact) mass is 209 g/mol. The summed E-state index contributed by atoms with van der Waals surface area (Å²) in [6.07, 6.45) is 4.44. The quantitative estimate of drug-likeness (QED) is 0.782. The van der Waals surface area contributed by atoms with Gasteiger partial charge in [0.05, 0.1) is 11.4 Å². The van der Waals surface area contributed by atoms with Gasteiger partial charge in [0, 0.05) is 12.6 Å². The third-order valence-electron chi connectivity index (χ3n) is 2.77. The van der Waals surface area contributed by atoms with Crippen LogP contribution in [0.5, 0.6) is 0 Å². The largest absolute Gasteiger partial charge is 0.323 e. The van der Waals surface area contributed by atoms with Crippen molar-refractivity contribution in [1.82, 2.24) is 9.78 Å². The Balaban J connectivity index is 2.76. The van der Waals surface area contributed by atoms with E-state index in [2.05, 4.69) is 31.9 Å². The molecule has 0 bridgehead atoms. The summed E-state index contributed by atoms with van der Waals surface area (Å²) in [6.45, 7) is 7.35. The molecule has 86 valence electrons. The molecule has 1 unspecified atom stereocenters. The van der Waals surface area contributed by atoms with Crippen LogP contribution in [0.25, 0.3) is 0 Å². The van der Waals surface area contributed by atoms with Gasteiger partial charge in [-0.15, -0.1) is 0 Å². The van der Waals surface area contributed by atoms with Crippen LogP contribution in [0.2, 0.25) is 0 Å². The fourth-order valence-corrected chi connectivity index (χ4v) is 1.78. The number of nitrogens with two attached hydrogens (primary N) is 1. The first-order valence-corrected chi connectivity index (χ1v) is 6.05. The van der Waals surface area contributed by atoms with E-state index >= 15 is 0 Å². The van der Waals surface area contributed by atoms with E-state index in [1.54, 1.807) is 0 Å². The van der Waals surface area contributed by atoms with E-state index < -0.39 is 0 Å². The fourth-order valence-electron chi connectivity index (χ4n) is 1.78. The van der Waals surface area contributed by atoms with Crippen molar-refractivity contribution in [3.63, 3.8) is 0 Å². The molecule has 1 atom stereocenters. The van der Waals surface area contributed by atoms with E-state index in [4.69, 9.17) is 5.73 Å². The van der Waals surface area contributed by atoms with Crippen LogP contribution in [0.3, 0.4) is 0 Å². The number of hydrogen-bond acceptors (Lipinski definition) is 2.